The van der Waals surface area contributed by atoms with E-state index in [0.717, 1.165) is 6.07 Å². The number of anilines is 2. The minimum atomic E-state index is -4.58. The van der Waals surface area contributed by atoms with Crippen molar-refractivity contribution in [3.05, 3.63) is 23.5 Å². The summed E-state index contributed by atoms with van der Waals surface area (Å²) in [4.78, 5) is 15.3. The molecule has 0 aliphatic carbocycles. The van der Waals surface area contributed by atoms with E-state index >= 15 is 0 Å². The molecule has 0 bridgehead atoms. The van der Waals surface area contributed by atoms with Crippen LogP contribution in [0.5, 0.6) is 0 Å². The second-order valence-electron chi connectivity index (χ2n) is 6.24. The second kappa shape index (κ2) is 6.71. The monoisotopic (exact) mass is 372 g/mol. The fourth-order valence-electron chi connectivity index (χ4n) is 2.80. The Morgan fingerprint density at radius 3 is 2.54 bits per heavy atom. The van der Waals surface area contributed by atoms with Crippen molar-refractivity contribution in [2.75, 3.05) is 37.5 Å². The molecule has 1 aliphatic rings. The van der Waals surface area contributed by atoms with Crippen LogP contribution in [-0.4, -0.2) is 54.0 Å². The number of rotatable bonds is 4. The Balaban J connectivity index is 2.05. The Morgan fingerprint density at radius 1 is 1.27 bits per heavy atom. The van der Waals surface area contributed by atoms with Gasteiger partial charge in [-0.25, -0.2) is 4.98 Å². The highest BCUT2D eigenvalue weighted by Crippen LogP contribution is 2.37. The maximum atomic E-state index is 13.3. The Labute approximate surface area is 148 Å². The van der Waals surface area contributed by atoms with Gasteiger partial charge >= 0.3 is 6.18 Å². The quantitative estimate of drug-likeness (QED) is 0.808. The molecule has 1 fully saturated rings. The third-order valence-electron chi connectivity index (χ3n) is 4.13. The lowest BCUT2D eigenvalue weighted by Crippen LogP contribution is -2.28. The van der Waals surface area contributed by atoms with Gasteiger partial charge in [-0.3, -0.25) is 0 Å². The van der Waals surface area contributed by atoms with E-state index in [2.05, 4.69) is 20.1 Å². The molecule has 2 aromatic rings. The molecular weight excluding hydrogens is 353 g/mol. The first-order valence-corrected chi connectivity index (χ1v) is 7.92. The van der Waals surface area contributed by atoms with Crippen LogP contribution < -0.4 is 9.80 Å². The minimum absolute atomic E-state index is 0.0519. The predicted molar refractivity (Wildman–Crippen MR) is 85.9 cm³/mol. The van der Waals surface area contributed by atoms with Crippen LogP contribution >= 0.6 is 0 Å². The van der Waals surface area contributed by atoms with Gasteiger partial charge in [-0.2, -0.15) is 23.1 Å². The van der Waals surface area contributed by atoms with Crippen molar-refractivity contribution in [3.8, 4) is 0 Å². The number of methoxy groups -OCH3 is 1. The highest BCUT2D eigenvalue weighted by atomic mass is 19.4. The fourth-order valence-corrected chi connectivity index (χ4v) is 2.80. The van der Waals surface area contributed by atoms with Gasteiger partial charge < -0.3 is 19.1 Å². The molecule has 2 unspecified atom stereocenters. The molecule has 0 amide bonds. The van der Waals surface area contributed by atoms with E-state index in [1.807, 2.05) is 0 Å². The van der Waals surface area contributed by atoms with E-state index in [1.54, 1.807) is 33.0 Å². The number of ether oxygens (including phenoxy) is 1. The highest BCUT2D eigenvalue weighted by molar-refractivity contribution is 5.47. The normalized spacial score (nSPS) is 20.7. The average molecular weight is 372 g/mol. The molecule has 3 heterocycles. The highest BCUT2D eigenvalue weighted by Gasteiger charge is 2.40. The maximum Gasteiger partial charge on any atom is 0.433 e. The first kappa shape index (κ1) is 18.4. The molecule has 1 aliphatic heterocycles. The van der Waals surface area contributed by atoms with E-state index in [4.69, 9.17) is 9.26 Å². The summed E-state index contributed by atoms with van der Waals surface area (Å²) in [5.74, 6) is 0.849. The number of halogens is 3. The van der Waals surface area contributed by atoms with Crippen LogP contribution in [-0.2, 0) is 10.9 Å². The van der Waals surface area contributed by atoms with E-state index in [9.17, 15) is 13.2 Å². The number of aryl methyl sites for hydroxylation is 1. The van der Waals surface area contributed by atoms with Gasteiger partial charge in [-0.05, 0) is 6.92 Å². The largest absolute Gasteiger partial charge is 0.433 e. The van der Waals surface area contributed by atoms with Crippen LogP contribution in [0.15, 0.2) is 10.6 Å². The summed E-state index contributed by atoms with van der Waals surface area (Å²) < 4.78 is 50.4. The summed E-state index contributed by atoms with van der Waals surface area (Å²) >= 11 is 0. The van der Waals surface area contributed by atoms with Crippen LogP contribution in [0.3, 0.4) is 0 Å². The summed E-state index contributed by atoms with van der Waals surface area (Å²) in [5.41, 5.74) is -1.01. The molecule has 0 spiro atoms. The van der Waals surface area contributed by atoms with E-state index < -0.39 is 17.9 Å². The lowest BCUT2D eigenvalue weighted by atomic mass is 10.2. The van der Waals surface area contributed by atoms with E-state index in [-0.39, 0.29) is 17.9 Å². The third kappa shape index (κ3) is 3.57. The molecule has 0 N–H and O–H groups in total. The Morgan fingerprint density at radius 2 is 2.00 bits per heavy atom. The number of hydrogen-bond donors (Lipinski definition) is 0. The van der Waals surface area contributed by atoms with Gasteiger partial charge in [0.15, 0.2) is 11.5 Å². The molecule has 2 atom stereocenters. The van der Waals surface area contributed by atoms with Gasteiger partial charge in [-0.1, -0.05) is 5.16 Å². The van der Waals surface area contributed by atoms with Crippen LogP contribution in [0.1, 0.15) is 29.9 Å². The third-order valence-corrected chi connectivity index (χ3v) is 4.13. The summed E-state index contributed by atoms with van der Waals surface area (Å²) in [6.45, 7) is 1.99. The zero-order valence-corrected chi connectivity index (χ0v) is 14.8. The van der Waals surface area contributed by atoms with Crippen LogP contribution in [0.4, 0.5) is 24.9 Å². The molecule has 1 saturated heterocycles. The molecule has 2 aromatic heterocycles. The Hall–Kier alpha value is -2.43. The van der Waals surface area contributed by atoms with Gasteiger partial charge in [-0.15, -0.1) is 0 Å². The molecular formula is C15H19F3N6O2. The van der Waals surface area contributed by atoms with Crippen molar-refractivity contribution in [1.29, 1.82) is 0 Å². The first-order valence-electron chi connectivity index (χ1n) is 7.92. The summed E-state index contributed by atoms with van der Waals surface area (Å²) in [5, 5.41) is 3.76. The average Bonchev–Trinajstić information content (AvgIpc) is 3.19. The van der Waals surface area contributed by atoms with Crippen molar-refractivity contribution in [2.24, 2.45) is 0 Å². The predicted octanol–water partition coefficient (Wildman–Crippen LogP) is 2.22. The SMILES string of the molecule is COC1CC(c2nc(C)no2)N(c2nc(N(C)C)cc(C(F)(F)F)n2)C1. The van der Waals surface area contributed by atoms with Crippen molar-refractivity contribution in [1.82, 2.24) is 20.1 Å². The standard InChI is InChI=1S/C15H19F3N6O2/c1-8-19-13(26-22-8)10-5-9(25-4)7-24(10)14-20-11(15(16,17)18)6-12(21-14)23(2)3/h6,9-10H,5,7H2,1-4H3. The smallest absolute Gasteiger partial charge is 0.380 e. The van der Waals surface area contributed by atoms with Gasteiger partial charge in [0.25, 0.3) is 0 Å². The number of alkyl halides is 3. The van der Waals surface area contributed by atoms with Crippen molar-refractivity contribution >= 4 is 11.8 Å². The molecule has 3 rings (SSSR count). The zero-order valence-electron chi connectivity index (χ0n) is 14.8. The molecule has 0 radical (unpaired) electrons. The van der Waals surface area contributed by atoms with Crippen molar-refractivity contribution in [3.63, 3.8) is 0 Å². The number of aromatic nitrogens is 4. The molecule has 0 aromatic carbocycles. The molecule has 26 heavy (non-hydrogen) atoms. The number of nitrogens with zero attached hydrogens (tertiary/aromatic N) is 6. The van der Waals surface area contributed by atoms with Gasteiger partial charge in [0.05, 0.1) is 6.10 Å². The lowest BCUT2D eigenvalue weighted by Gasteiger charge is -2.24. The molecule has 11 heteroatoms. The molecule has 8 nitrogen and oxygen atoms in total. The van der Waals surface area contributed by atoms with Crippen LogP contribution in [0, 0.1) is 6.92 Å². The first-order chi connectivity index (χ1) is 12.2. The van der Waals surface area contributed by atoms with Gasteiger partial charge in [0.2, 0.25) is 11.8 Å². The van der Waals surface area contributed by atoms with E-state index in [0.29, 0.717) is 24.7 Å². The maximum absolute atomic E-state index is 13.3. The van der Waals surface area contributed by atoms with Gasteiger partial charge in [0, 0.05) is 40.2 Å². The Bertz CT molecular complexity index is 779. The van der Waals surface area contributed by atoms with Gasteiger partial charge in [0.1, 0.15) is 11.9 Å². The summed E-state index contributed by atoms with van der Waals surface area (Å²) in [7, 11) is 4.78. The van der Waals surface area contributed by atoms with Crippen LogP contribution in [0.25, 0.3) is 0 Å². The van der Waals surface area contributed by atoms with E-state index in [1.165, 1.54) is 4.90 Å². The zero-order chi connectivity index (χ0) is 19.1. The molecule has 0 saturated carbocycles. The summed E-state index contributed by atoms with van der Waals surface area (Å²) in [6, 6.07) is 0.457. The lowest BCUT2D eigenvalue weighted by molar-refractivity contribution is -0.141. The fraction of sp³-hybridized carbons (Fsp3) is 0.600. The topological polar surface area (TPSA) is 80.4 Å². The summed E-state index contributed by atoms with van der Waals surface area (Å²) in [6.07, 6.45) is -4.32. The van der Waals surface area contributed by atoms with Crippen LogP contribution in [0.2, 0.25) is 0 Å². The Kier molecular flexibility index (Phi) is 4.74. The van der Waals surface area contributed by atoms with Crippen molar-refractivity contribution < 1.29 is 22.4 Å². The number of hydrogen-bond acceptors (Lipinski definition) is 8. The van der Waals surface area contributed by atoms with Crippen molar-refractivity contribution in [2.45, 2.75) is 31.7 Å². The molecule has 142 valence electrons. The minimum Gasteiger partial charge on any atom is -0.380 e. The second-order valence-corrected chi connectivity index (χ2v) is 6.24.